The molecule has 0 unspecified atom stereocenters. The third-order valence-electron chi connectivity index (χ3n) is 4.86. The summed E-state index contributed by atoms with van der Waals surface area (Å²) in [5, 5.41) is 2.91. The maximum Gasteiger partial charge on any atom is 0.268 e. The number of ether oxygens (including phenoxy) is 1. The molecule has 1 aromatic carbocycles. The topological polar surface area (TPSA) is 83.9 Å². The van der Waals surface area contributed by atoms with Crippen molar-refractivity contribution >= 4 is 15.9 Å². The van der Waals surface area contributed by atoms with Gasteiger partial charge < -0.3 is 19.5 Å². The van der Waals surface area contributed by atoms with Crippen LogP contribution in [-0.2, 0) is 34.9 Å². The maximum absolute atomic E-state index is 12.8. The van der Waals surface area contributed by atoms with Crippen molar-refractivity contribution in [2.24, 2.45) is 7.05 Å². The van der Waals surface area contributed by atoms with Crippen molar-refractivity contribution in [3.05, 3.63) is 53.3 Å². The van der Waals surface area contributed by atoms with Crippen LogP contribution >= 0.6 is 0 Å². The van der Waals surface area contributed by atoms with Crippen LogP contribution in [0.25, 0.3) is 0 Å². The van der Waals surface area contributed by atoms with E-state index >= 15 is 0 Å². The molecule has 1 amide bonds. The molecule has 3 rings (SSSR count). The zero-order valence-electron chi connectivity index (χ0n) is 17.1. The van der Waals surface area contributed by atoms with Crippen LogP contribution in [0.15, 0.2) is 41.4 Å². The zero-order valence-corrected chi connectivity index (χ0v) is 17.9. The highest BCUT2D eigenvalue weighted by Crippen LogP contribution is 2.20. The number of hydrogen-bond acceptors (Lipinski definition) is 5. The molecule has 1 fully saturated rings. The number of amides is 1. The largest absolute Gasteiger partial charge is 0.379 e. The van der Waals surface area contributed by atoms with Crippen LogP contribution in [0.2, 0.25) is 0 Å². The minimum absolute atomic E-state index is 0.125. The molecular formula is C20H28N4O4S. The Labute approximate surface area is 172 Å². The van der Waals surface area contributed by atoms with Gasteiger partial charge in [0.05, 0.1) is 13.2 Å². The van der Waals surface area contributed by atoms with E-state index in [-0.39, 0.29) is 10.8 Å². The number of benzene rings is 1. The van der Waals surface area contributed by atoms with E-state index in [0.717, 1.165) is 17.7 Å². The van der Waals surface area contributed by atoms with E-state index in [2.05, 4.69) is 10.2 Å². The van der Waals surface area contributed by atoms with Crippen LogP contribution < -0.4 is 5.32 Å². The summed E-state index contributed by atoms with van der Waals surface area (Å²) < 4.78 is 33.8. The van der Waals surface area contributed by atoms with E-state index < -0.39 is 10.0 Å². The van der Waals surface area contributed by atoms with Crippen molar-refractivity contribution in [1.29, 1.82) is 0 Å². The molecule has 9 heteroatoms. The molecule has 0 aliphatic carbocycles. The van der Waals surface area contributed by atoms with E-state index in [1.54, 1.807) is 11.6 Å². The van der Waals surface area contributed by atoms with Crippen LogP contribution in [0.4, 0.5) is 0 Å². The number of sulfonamides is 1. The van der Waals surface area contributed by atoms with Gasteiger partial charge in [-0.2, -0.15) is 4.31 Å². The molecule has 0 radical (unpaired) electrons. The summed E-state index contributed by atoms with van der Waals surface area (Å²) in [6.45, 7) is 2.55. The normalized spacial score (nSPS) is 15.6. The molecular weight excluding hydrogens is 392 g/mol. The van der Waals surface area contributed by atoms with Gasteiger partial charge in [0, 0.05) is 39.4 Å². The molecule has 8 nitrogen and oxygen atoms in total. The van der Waals surface area contributed by atoms with Crippen molar-refractivity contribution < 1.29 is 17.9 Å². The average Bonchev–Trinajstić information content (AvgIpc) is 3.10. The summed E-state index contributed by atoms with van der Waals surface area (Å²) >= 11 is 0. The Bertz CT molecular complexity index is 963. The van der Waals surface area contributed by atoms with Crippen molar-refractivity contribution in [2.45, 2.75) is 18.0 Å². The van der Waals surface area contributed by atoms with Gasteiger partial charge in [-0.1, -0.05) is 24.3 Å². The number of carbonyl (C=O) groups is 1. The molecule has 1 N–H and O–H groups in total. The number of carbonyl (C=O) groups excluding carboxylic acids is 1. The number of rotatable bonds is 7. The van der Waals surface area contributed by atoms with Gasteiger partial charge in [-0.05, 0) is 31.3 Å². The summed E-state index contributed by atoms with van der Waals surface area (Å²) in [6, 6.07) is 9.38. The first-order valence-electron chi connectivity index (χ1n) is 9.53. The molecule has 1 aromatic heterocycles. The number of nitrogens with one attached hydrogen (secondary N) is 1. The molecule has 0 spiro atoms. The fourth-order valence-electron chi connectivity index (χ4n) is 3.33. The standard InChI is InChI=1S/C20H28N4O4S/c1-22(2)14-17-7-5-4-6-16(17)13-21-20(25)19-12-18(15-23(19)3)29(26,27)24-8-10-28-11-9-24/h4-7,12,15H,8-11,13-14H2,1-3H3,(H,21,25). The third kappa shape index (κ3) is 5.05. The van der Waals surface area contributed by atoms with Crippen LogP contribution in [0.5, 0.6) is 0 Å². The Morgan fingerprint density at radius 1 is 1.17 bits per heavy atom. The molecule has 0 saturated carbocycles. The first-order valence-corrected chi connectivity index (χ1v) is 11.0. The number of nitrogens with zero attached hydrogens (tertiary/aromatic N) is 3. The monoisotopic (exact) mass is 420 g/mol. The predicted octanol–water partition coefficient (Wildman–Crippen LogP) is 1.04. The van der Waals surface area contributed by atoms with Gasteiger partial charge in [0.15, 0.2) is 0 Å². The second kappa shape index (κ2) is 9.08. The van der Waals surface area contributed by atoms with E-state index in [1.165, 1.54) is 16.6 Å². The smallest absolute Gasteiger partial charge is 0.268 e. The minimum Gasteiger partial charge on any atom is -0.379 e. The molecule has 158 valence electrons. The first-order chi connectivity index (χ1) is 13.8. The van der Waals surface area contributed by atoms with Gasteiger partial charge in [-0.15, -0.1) is 0 Å². The van der Waals surface area contributed by atoms with Gasteiger partial charge in [0.1, 0.15) is 10.6 Å². The Balaban J connectivity index is 1.73. The van der Waals surface area contributed by atoms with Crippen molar-refractivity contribution in [2.75, 3.05) is 40.4 Å². The van der Waals surface area contributed by atoms with Crippen molar-refractivity contribution in [1.82, 2.24) is 19.1 Å². The summed E-state index contributed by atoms with van der Waals surface area (Å²) in [4.78, 5) is 14.9. The lowest BCUT2D eigenvalue weighted by Crippen LogP contribution is -2.40. The lowest BCUT2D eigenvalue weighted by atomic mass is 10.1. The molecule has 1 aliphatic heterocycles. The highest BCUT2D eigenvalue weighted by atomic mass is 32.2. The molecule has 2 heterocycles. The second-order valence-electron chi connectivity index (χ2n) is 7.38. The van der Waals surface area contributed by atoms with Crippen LogP contribution in [-0.4, -0.2) is 68.5 Å². The van der Waals surface area contributed by atoms with E-state index in [1.807, 2.05) is 38.4 Å². The Kier molecular flexibility index (Phi) is 6.74. The maximum atomic E-state index is 12.8. The molecule has 29 heavy (non-hydrogen) atoms. The third-order valence-corrected chi connectivity index (χ3v) is 6.73. The summed E-state index contributed by atoms with van der Waals surface area (Å²) in [5.74, 6) is -0.310. The molecule has 1 aliphatic rings. The quantitative estimate of drug-likeness (QED) is 0.724. The van der Waals surface area contributed by atoms with E-state index in [4.69, 9.17) is 4.74 Å². The van der Waals surface area contributed by atoms with Gasteiger partial charge in [0.25, 0.3) is 5.91 Å². The van der Waals surface area contributed by atoms with E-state index in [9.17, 15) is 13.2 Å². The van der Waals surface area contributed by atoms with Gasteiger partial charge in [-0.3, -0.25) is 4.79 Å². The van der Waals surface area contributed by atoms with Crippen molar-refractivity contribution in [3.8, 4) is 0 Å². The van der Waals surface area contributed by atoms with Crippen LogP contribution in [0, 0.1) is 0 Å². The summed E-state index contributed by atoms with van der Waals surface area (Å²) in [5.41, 5.74) is 2.48. The fourth-order valence-corrected chi connectivity index (χ4v) is 4.81. The van der Waals surface area contributed by atoms with Gasteiger partial charge in [0.2, 0.25) is 10.0 Å². The lowest BCUT2D eigenvalue weighted by Gasteiger charge is -2.25. The van der Waals surface area contributed by atoms with Gasteiger partial charge >= 0.3 is 0 Å². The Morgan fingerprint density at radius 2 is 1.83 bits per heavy atom. The summed E-state index contributed by atoms with van der Waals surface area (Å²) in [6.07, 6.45) is 1.49. The molecule has 0 bridgehead atoms. The fraction of sp³-hybridized carbons (Fsp3) is 0.450. The molecule has 0 atom stereocenters. The highest BCUT2D eigenvalue weighted by Gasteiger charge is 2.28. The predicted molar refractivity (Wildman–Crippen MR) is 110 cm³/mol. The van der Waals surface area contributed by atoms with Gasteiger partial charge in [-0.25, -0.2) is 8.42 Å². The first kappa shape index (κ1) is 21.5. The summed E-state index contributed by atoms with van der Waals surface area (Å²) in [7, 11) is 2.03. The minimum atomic E-state index is -3.64. The molecule has 2 aromatic rings. The number of aryl methyl sites for hydroxylation is 1. The van der Waals surface area contributed by atoms with Crippen molar-refractivity contribution in [3.63, 3.8) is 0 Å². The Hall–Kier alpha value is -2.20. The second-order valence-corrected chi connectivity index (χ2v) is 9.32. The lowest BCUT2D eigenvalue weighted by molar-refractivity contribution is 0.0730. The number of aromatic nitrogens is 1. The van der Waals surface area contributed by atoms with E-state index in [0.29, 0.717) is 38.5 Å². The molecule has 1 saturated heterocycles. The number of hydrogen-bond donors (Lipinski definition) is 1. The van der Waals surface area contributed by atoms with Crippen LogP contribution in [0.1, 0.15) is 21.6 Å². The van der Waals surface area contributed by atoms with Crippen LogP contribution in [0.3, 0.4) is 0 Å². The SMILES string of the molecule is CN(C)Cc1ccccc1CNC(=O)c1cc(S(=O)(=O)N2CCOCC2)cn1C. The highest BCUT2D eigenvalue weighted by molar-refractivity contribution is 7.89. The Morgan fingerprint density at radius 3 is 2.48 bits per heavy atom. The average molecular weight is 421 g/mol. The zero-order chi connectivity index (χ0) is 21.0. The number of morpholine rings is 1.